The second kappa shape index (κ2) is 16.2. The standard InChI is InChI=1S/C29H38ClN5O2S.C2HF3O2/c1-19(24-16-32-25-9-6-5-8-23(24)25)27(33-29(37)31-12-7-13-38-4)28(36)35-18-20(17-34(2)3)14-21-15-22(30)10-11-26(21)35;3-2(4,5)1(6)7/h5-6,8-11,15-16,19-20,27,32H,7,12-14,17-18H2,1-4H3,(H2,31,33,37);(H,6,7)/t19?,20-,27?;/m1./s1. The van der Waals surface area contributed by atoms with E-state index in [0.29, 0.717) is 18.1 Å². The number of carboxylic acids is 1. The fourth-order valence-corrected chi connectivity index (χ4v) is 6.02. The number of rotatable bonds is 10. The van der Waals surface area contributed by atoms with Gasteiger partial charge in [-0.2, -0.15) is 24.9 Å². The van der Waals surface area contributed by atoms with E-state index in [4.69, 9.17) is 21.5 Å². The van der Waals surface area contributed by atoms with Crippen molar-refractivity contribution in [1.82, 2.24) is 20.5 Å². The van der Waals surface area contributed by atoms with Crippen LogP contribution in [0, 0.1) is 5.92 Å². The first-order chi connectivity index (χ1) is 21.2. The first kappa shape index (κ1) is 36.1. The summed E-state index contributed by atoms with van der Waals surface area (Å²) < 4.78 is 31.7. The van der Waals surface area contributed by atoms with Crippen molar-refractivity contribution in [3.05, 3.63) is 64.8 Å². The molecule has 3 atom stereocenters. The zero-order valence-corrected chi connectivity index (χ0v) is 27.2. The van der Waals surface area contributed by atoms with Crippen molar-refractivity contribution in [2.75, 3.05) is 50.6 Å². The molecule has 246 valence electrons. The molecular formula is C31H39ClF3N5O4S. The third-order valence-electron chi connectivity index (χ3n) is 7.39. The highest BCUT2D eigenvalue weighted by Crippen LogP contribution is 2.35. The normalized spacial score (nSPS) is 15.9. The quantitative estimate of drug-likeness (QED) is 0.205. The Hall–Kier alpha value is -3.42. The van der Waals surface area contributed by atoms with Crippen molar-refractivity contribution in [1.29, 1.82) is 0 Å². The minimum atomic E-state index is -5.08. The molecule has 9 nitrogen and oxygen atoms in total. The topological polar surface area (TPSA) is 118 Å². The summed E-state index contributed by atoms with van der Waals surface area (Å²) in [5.74, 6) is -1.92. The summed E-state index contributed by atoms with van der Waals surface area (Å²) in [6.45, 7) is 4.00. The number of fused-ring (bicyclic) bond motifs is 2. The Morgan fingerprint density at radius 3 is 2.53 bits per heavy atom. The number of aliphatic carboxylic acids is 1. The molecule has 2 aromatic carbocycles. The molecule has 4 N–H and O–H groups in total. The molecule has 1 aliphatic rings. The minimum absolute atomic E-state index is 0.117. The number of carboxylic acid groups (broad SMARTS) is 1. The number of thioether (sulfide) groups is 1. The number of halogens is 4. The van der Waals surface area contributed by atoms with E-state index in [1.165, 1.54) is 0 Å². The number of nitrogens with one attached hydrogen (secondary N) is 3. The van der Waals surface area contributed by atoms with E-state index < -0.39 is 18.2 Å². The van der Waals surface area contributed by atoms with Crippen LogP contribution >= 0.6 is 23.4 Å². The lowest BCUT2D eigenvalue weighted by Crippen LogP contribution is -2.56. The zero-order chi connectivity index (χ0) is 33.3. The zero-order valence-electron chi connectivity index (χ0n) is 25.6. The largest absolute Gasteiger partial charge is 0.490 e. The van der Waals surface area contributed by atoms with Crippen molar-refractivity contribution >= 4 is 57.9 Å². The molecule has 4 rings (SSSR count). The molecule has 1 aromatic heterocycles. The van der Waals surface area contributed by atoms with Crippen LogP contribution in [-0.2, 0) is 16.0 Å². The van der Waals surface area contributed by atoms with Crippen LogP contribution in [0.2, 0.25) is 5.02 Å². The lowest BCUT2D eigenvalue weighted by atomic mass is 9.88. The number of para-hydroxylation sites is 1. The van der Waals surface area contributed by atoms with Gasteiger partial charge in [0.25, 0.3) is 0 Å². The van der Waals surface area contributed by atoms with Crippen molar-refractivity contribution in [3.8, 4) is 0 Å². The minimum Gasteiger partial charge on any atom is -0.475 e. The van der Waals surface area contributed by atoms with E-state index in [2.05, 4.69) is 20.5 Å². The summed E-state index contributed by atoms with van der Waals surface area (Å²) in [7, 11) is 4.09. The highest BCUT2D eigenvalue weighted by Gasteiger charge is 2.39. The van der Waals surface area contributed by atoms with E-state index in [0.717, 1.165) is 52.9 Å². The number of aromatic nitrogens is 1. The van der Waals surface area contributed by atoms with Crippen molar-refractivity contribution < 1.29 is 32.7 Å². The van der Waals surface area contributed by atoms with Gasteiger partial charge in [0.15, 0.2) is 0 Å². The summed E-state index contributed by atoms with van der Waals surface area (Å²) in [5, 5.41) is 14.8. The predicted molar refractivity (Wildman–Crippen MR) is 173 cm³/mol. The Morgan fingerprint density at radius 1 is 1.20 bits per heavy atom. The Bertz CT molecular complexity index is 1470. The molecule has 0 bridgehead atoms. The van der Waals surface area contributed by atoms with Crippen molar-refractivity contribution in [3.63, 3.8) is 0 Å². The van der Waals surface area contributed by atoms with Gasteiger partial charge >= 0.3 is 18.2 Å². The maximum Gasteiger partial charge on any atom is 0.490 e. The fourth-order valence-electron chi connectivity index (χ4n) is 5.39. The molecule has 2 heterocycles. The molecule has 0 saturated carbocycles. The van der Waals surface area contributed by atoms with Gasteiger partial charge in [0, 0.05) is 53.4 Å². The average molecular weight is 670 g/mol. The first-order valence-electron chi connectivity index (χ1n) is 14.4. The molecule has 0 saturated heterocycles. The van der Waals surface area contributed by atoms with Gasteiger partial charge in [-0.05, 0) is 80.3 Å². The molecule has 14 heteroatoms. The number of H-pyrrole nitrogens is 1. The van der Waals surface area contributed by atoms with Gasteiger partial charge in [0.2, 0.25) is 5.91 Å². The number of anilines is 1. The molecule has 0 radical (unpaired) electrons. The van der Waals surface area contributed by atoms with E-state index in [1.807, 2.05) is 80.8 Å². The number of carbonyl (C=O) groups excluding carboxylic acids is 2. The number of benzene rings is 2. The van der Waals surface area contributed by atoms with Crippen LogP contribution in [0.15, 0.2) is 48.7 Å². The third kappa shape index (κ3) is 10.0. The second-order valence-corrected chi connectivity index (χ2v) is 12.6. The number of amides is 3. The van der Waals surface area contributed by atoms with Gasteiger partial charge in [-0.3, -0.25) is 4.79 Å². The molecule has 45 heavy (non-hydrogen) atoms. The summed E-state index contributed by atoms with van der Waals surface area (Å²) in [6, 6.07) is 12.7. The number of hydrogen-bond acceptors (Lipinski definition) is 5. The lowest BCUT2D eigenvalue weighted by Gasteiger charge is -2.38. The number of nitrogens with zero attached hydrogens (tertiary/aromatic N) is 2. The number of aromatic amines is 1. The van der Waals surface area contributed by atoms with Gasteiger partial charge in [0.05, 0.1) is 0 Å². The van der Waals surface area contributed by atoms with Crippen LogP contribution in [0.5, 0.6) is 0 Å². The van der Waals surface area contributed by atoms with Crippen LogP contribution < -0.4 is 15.5 Å². The average Bonchev–Trinajstić information content (AvgIpc) is 3.40. The van der Waals surface area contributed by atoms with Gasteiger partial charge in [-0.15, -0.1) is 0 Å². The Labute approximate surface area is 269 Å². The van der Waals surface area contributed by atoms with E-state index >= 15 is 0 Å². The van der Waals surface area contributed by atoms with E-state index in [9.17, 15) is 22.8 Å². The Morgan fingerprint density at radius 2 is 1.89 bits per heavy atom. The van der Waals surface area contributed by atoms with Crippen LogP contribution in [0.3, 0.4) is 0 Å². The summed E-state index contributed by atoms with van der Waals surface area (Å²) in [5.41, 5.74) is 3.93. The number of urea groups is 1. The first-order valence-corrected chi connectivity index (χ1v) is 16.1. The number of hydrogen-bond donors (Lipinski definition) is 4. The van der Waals surface area contributed by atoms with Crippen molar-refractivity contribution in [2.24, 2.45) is 5.92 Å². The second-order valence-electron chi connectivity index (χ2n) is 11.2. The van der Waals surface area contributed by atoms with Crippen LogP contribution in [0.4, 0.5) is 23.7 Å². The van der Waals surface area contributed by atoms with Crippen LogP contribution in [0.25, 0.3) is 10.9 Å². The SMILES string of the molecule is CSCCCNC(=O)NC(C(=O)N1C[C@@H](CN(C)C)Cc2cc(Cl)ccc21)C(C)c1c[nH]c2ccccc12.O=C(O)C(F)(F)F. The fraction of sp³-hybridized carbons (Fsp3) is 0.452. The van der Waals surface area contributed by atoms with Crippen LogP contribution in [0.1, 0.15) is 30.4 Å². The number of alkyl halides is 3. The van der Waals surface area contributed by atoms with Crippen LogP contribution in [-0.4, -0.2) is 90.9 Å². The van der Waals surface area contributed by atoms with Gasteiger partial charge < -0.3 is 30.5 Å². The predicted octanol–water partition coefficient (Wildman–Crippen LogP) is 5.75. The molecule has 3 amide bonds. The van der Waals surface area contributed by atoms with E-state index in [1.54, 1.807) is 11.8 Å². The summed E-state index contributed by atoms with van der Waals surface area (Å²) in [4.78, 5) is 43.6. The molecule has 3 aromatic rings. The maximum absolute atomic E-state index is 14.4. The lowest BCUT2D eigenvalue weighted by molar-refractivity contribution is -0.192. The molecule has 0 aliphatic carbocycles. The molecule has 0 fully saturated rings. The Kier molecular flexibility index (Phi) is 13.0. The summed E-state index contributed by atoms with van der Waals surface area (Å²) >= 11 is 8.09. The molecule has 1 aliphatic heterocycles. The molecule has 2 unspecified atom stereocenters. The maximum atomic E-state index is 14.4. The van der Waals surface area contributed by atoms with Gasteiger partial charge in [0.1, 0.15) is 6.04 Å². The highest BCUT2D eigenvalue weighted by molar-refractivity contribution is 7.98. The van der Waals surface area contributed by atoms with E-state index in [-0.39, 0.29) is 23.8 Å². The molecular weight excluding hydrogens is 631 g/mol. The van der Waals surface area contributed by atoms with Crippen molar-refractivity contribution in [2.45, 2.75) is 37.9 Å². The highest BCUT2D eigenvalue weighted by atomic mass is 35.5. The summed E-state index contributed by atoms with van der Waals surface area (Å²) in [6.07, 6.45) is 0.638. The molecule has 0 spiro atoms. The Balaban J connectivity index is 0.000000707. The third-order valence-corrected chi connectivity index (χ3v) is 8.32. The number of carbonyl (C=O) groups is 3. The van der Waals surface area contributed by atoms with Gasteiger partial charge in [-0.25, -0.2) is 9.59 Å². The smallest absolute Gasteiger partial charge is 0.475 e. The van der Waals surface area contributed by atoms with Gasteiger partial charge in [-0.1, -0.05) is 36.7 Å². The monoisotopic (exact) mass is 669 g/mol.